The van der Waals surface area contributed by atoms with E-state index in [0.717, 1.165) is 4.47 Å². The number of rotatable bonds is 2. The lowest BCUT2D eigenvalue weighted by Crippen LogP contribution is -2.13. The van der Waals surface area contributed by atoms with E-state index >= 15 is 0 Å². The van der Waals surface area contributed by atoms with Gasteiger partial charge >= 0.3 is 0 Å². The predicted molar refractivity (Wildman–Crippen MR) is 71.8 cm³/mol. The zero-order valence-electron chi connectivity index (χ0n) is 9.91. The largest absolute Gasteiger partial charge is 0.304 e. The van der Waals surface area contributed by atoms with Gasteiger partial charge in [0.25, 0.3) is 5.91 Å². The maximum atomic E-state index is 12.0. The quantitative estimate of drug-likeness (QED) is 0.775. The number of aromatic nitrogens is 5. The Morgan fingerprint density at radius 2 is 2.26 bits per heavy atom. The molecule has 0 aromatic carbocycles. The van der Waals surface area contributed by atoms with Crippen molar-refractivity contribution in [3.05, 3.63) is 40.9 Å². The Kier molecular flexibility index (Phi) is 2.79. The summed E-state index contributed by atoms with van der Waals surface area (Å²) in [7, 11) is 1.78. The lowest BCUT2D eigenvalue weighted by molar-refractivity contribution is 0.102. The number of nitrogens with zero attached hydrogens (tertiary/aromatic N) is 5. The number of carbonyl (C=O) groups excluding carboxylic acids is 1. The van der Waals surface area contributed by atoms with E-state index < -0.39 is 0 Å². The van der Waals surface area contributed by atoms with Gasteiger partial charge in [0.05, 0.1) is 4.47 Å². The van der Waals surface area contributed by atoms with Gasteiger partial charge in [-0.15, -0.1) is 0 Å². The van der Waals surface area contributed by atoms with Gasteiger partial charge in [0.2, 0.25) is 0 Å². The number of anilines is 1. The summed E-state index contributed by atoms with van der Waals surface area (Å²) in [5.41, 5.74) is 0.894. The second-order valence-electron chi connectivity index (χ2n) is 3.93. The number of carbonyl (C=O) groups is 1. The summed E-state index contributed by atoms with van der Waals surface area (Å²) in [6.45, 7) is 0. The van der Waals surface area contributed by atoms with Crippen LogP contribution in [0.3, 0.4) is 0 Å². The minimum Gasteiger partial charge on any atom is -0.304 e. The standard InChI is InChI=1S/C11H9BrN6O/c1-17-3-2-9(16-17)14-11(19)8-4-10-13-5-7(12)6-18(10)15-8/h2-6H,1H3,(H,14,16,19). The lowest BCUT2D eigenvalue weighted by atomic mass is 10.4. The van der Waals surface area contributed by atoms with Crippen LogP contribution in [0.5, 0.6) is 0 Å². The summed E-state index contributed by atoms with van der Waals surface area (Å²) in [5, 5.41) is 10.9. The molecule has 19 heavy (non-hydrogen) atoms. The van der Waals surface area contributed by atoms with E-state index in [0.29, 0.717) is 11.5 Å². The molecule has 0 unspecified atom stereocenters. The smallest absolute Gasteiger partial charge is 0.277 e. The monoisotopic (exact) mass is 320 g/mol. The molecular weight excluding hydrogens is 312 g/mol. The van der Waals surface area contributed by atoms with Crippen LogP contribution < -0.4 is 5.32 Å². The fourth-order valence-electron chi connectivity index (χ4n) is 1.63. The number of fused-ring (bicyclic) bond motifs is 1. The Labute approximate surface area is 116 Å². The number of amides is 1. The van der Waals surface area contributed by atoms with E-state index in [2.05, 4.69) is 36.4 Å². The SMILES string of the molecule is Cn1ccc(NC(=O)c2cc3ncc(Br)cn3n2)n1. The molecule has 1 amide bonds. The number of halogens is 1. The summed E-state index contributed by atoms with van der Waals surface area (Å²) in [5.74, 6) is 0.166. The van der Waals surface area contributed by atoms with Gasteiger partial charge < -0.3 is 5.32 Å². The molecule has 0 radical (unpaired) electrons. The van der Waals surface area contributed by atoms with Crippen LogP contribution in [0.15, 0.2) is 35.2 Å². The van der Waals surface area contributed by atoms with Crippen molar-refractivity contribution in [1.29, 1.82) is 0 Å². The molecule has 96 valence electrons. The van der Waals surface area contributed by atoms with Crippen LogP contribution in [0.4, 0.5) is 5.82 Å². The molecule has 0 fully saturated rings. The first-order valence-corrected chi connectivity index (χ1v) is 6.23. The van der Waals surface area contributed by atoms with Crippen LogP contribution in [0.2, 0.25) is 0 Å². The van der Waals surface area contributed by atoms with Crippen molar-refractivity contribution in [2.45, 2.75) is 0 Å². The van der Waals surface area contributed by atoms with Gasteiger partial charge in [-0.1, -0.05) is 0 Å². The Balaban J connectivity index is 1.89. The first-order valence-electron chi connectivity index (χ1n) is 5.44. The Hall–Kier alpha value is -2.22. The molecule has 0 aliphatic carbocycles. The number of hydrogen-bond acceptors (Lipinski definition) is 4. The van der Waals surface area contributed by atoms with Crippen molar-refractivity contribution >= 4 is 33.3 Å². The van der Waals surface area contributed by atoms with Gasteiger partial charge in [-0.25, -0.2) is 9.50 Å². The van der Waals surface area contributed by atoms with Crippen LogP contribution >= 0.6 is 15.9 Å². The minimum atomic E-state index is -0.319. The van der Waals surface area contributed by atoms with Gasteiger partial charge in [0, 0.05) is 37.8 Å². The highest BCUT2D eigenvalue weighted by Gasteiger charge is 2.12. The van der Waals surface area contributed by atoms with Crippen molar-refractivity contribution in [2.75, 3.05) is 5.32 Å². The molecule has 0 atom stereocenters. The van der Waals surface area contributed by atoms with E-state index in [1.54, 1.807) is 42.5 Å². The Morgan fingerprint density at radius 1 is 1.42 bits per heavy atom. The third kappa shape index (κ3) is 2.34. The lowest BCUT2D eigenvalue weighted by Gasteiger charge is -1.97. The molecule has 3 aromatic rings. The molecule has 0 bridgehead atoms. The molecule has 0 saturated carbocycles. The molecule has 0 spiro atoms. The first kappa shape index (κ1) is 11.8. The fourth-order valence-corrected chi connectivity index (χ4v) is 1.92. The molecule has 7 nitrogen and oxygen atoms in total. The average Bonchev–Trinajstić information content (AvgIpc) is 2.95. The van der Waals surface area contributed by atoms with E-state index in [1.807, 2.05) is 0 Å². The molecule has 0 aliphatic rings. The van der Waals surface area contributed by atoms with E-state index in [4.69, 9.17) is 0 Å². The summed E-state index contributed by atoms with van der Waals surface area (Å²) in [6, 6.07) is 3.33. The molecule has 0 saturated heterocycles. The van der Waals surface area contributed by atoms with Crippen molar-refractivity contribution < 1.29 is 4.79 Å². The third-order valence-corrected chi connectivity index (χ3v) is 2.88. The summed E-state index contributed by atoms with van der Waals surface area (Å²) < 4.78 is 3.94. The Bertz CT molecular complexity index is 761. The topological polar surface area (TPSA) is 77.1 Å². The van der Waals surface area contributed by atoms with Crippen LogP contribution in [0, 0.1) is 0 Å². The van der Waals surface area contributed by atoms with E-state index in [1.165, 1.54) is 4.52 Å². The highest BCUT2D eigenvalue weighted by molar-refractivity contribution is 9.10. The molecule has 3 aromatic heterocycles. The van der Waals surface area contributed by atoms with Crippen molar-refractivity contribution in [3.8, 4) is 0 Å². The van der Waals surface area contributed by atoms with Gasteiger partial charge in [0.15, 0.2) is 17.2 Å². The summed E-state index contributed by atoms with van der Waals surface area (Å²) >= 11 is 3.30. The van der Waals surface area contributed by atoms with Crippen LogP contribution in [-0.4, -0.2) is 30.3 Å². The molecule has 3 rings (SSSR count). The highest BCUT2D eigenvalue weighted by atomic mass is 79.9. The van der Waals surface area contributed by atoms with Crippen LogP contribution in [0.1, 0.15) is 10.5 Å². The zero-order chi connectivity index (χ0) is 13.4. The van der Waals surface area contributed by atoms with Gasteiger partial charge in [-0.2, -0.15) is 10.2 Å². The Morgan fingerprint density at radius 3 is 3.00 bits per heavy atom. The van der Waals surface area contributed by atoms with E-state index in [9.17, 15) is 4.79 Å². The zero-order valence-corrected chi connectivity index (χ0v) is 11.5. The van der Waals surface area contributed by atoms with Crippen LogP contribution in [0.25, 0.3) is 5.65 Å². The second kappa shape index (κ2) is 4.47. The van der Waals surface area contributed by atoms with Crippen LogP contribution in [-0.2, 0) is 7.05 Å². The molecule has 8 heteroatoms. The third-order valence-electron chi connectivity index (χ3n) is 2.47. The normalized spacial score (nSPS) is 10.8. The van der Waals surface area contributed by atoms with Gasteiger partial charge in [0.1, 0.15) is 0 Å². The molecular formula is C11H9BrN6O. The van der Waals surface area contributed by atoms with Crippen molar-refractivity contribution in [2.24, 2.45) is 7.05 Å². The molecule has 1 N–H and O–H groups in total. The summed E-state index contributed by atoms with van der Waals surface area (Å²) in [4.78, 5) is 16.2. The summed E-state index contributed by atoms with van der Waals surface area (Å²) in [6.07, 6.45) is 5.13. The first-order chi connectivity index (χ1) is 9.11. The fraction of sp³-hybridized carbons (Fsp3) is 0.0909. The maximum Gasteiger partial charge on any atom is 0.277 e. The molecule has 3 heterocycles. The maximum absolute atomic E-state index is 12.0. The number of nitrogens with one attached hydrogen (secondary N) is 1. The van der Waals surface area contributed by atoms with Gasteiger partial charge in [-0.05, 0) is 15.9 Å². The van der Waals surface area contributed by atoms with E-state index in [-0.39, 0.29) is 11.6 Å². The number of hydrogen-bond donors (Lipinski definition) is 1. The molecule has 0 aliphatic heterocycles. The second-order valence-corrected chi connectivity index (χ2v) is 4.85. The average molecular weight is 321 g/mol. The highest BCUT2D eigenvalue weighted by Crippen LogP contribution is 2.11. The minimum absolute atomic E-state index is 0.288. The van der Waals surface area contributed by atoms with Crippen molar-refractivity contribution in [1.82, 2.24) is 24.4 Å². The predicted octanol–water partition coefficient (Wildman–Crippen LogP) is 1.48. The van der Waals surface area contributed by atoms with Gasteiger partial charge in [-0.3, -0.25) is 9.48 Å². The number of aryl methyl sites for hydroxylation is 1. The van der Waals surface area contributed by atoms with Crippen molar-refractivity contribution in [3.63, 3.8) is 0 Å².